The van der Waals surface area contributed by atoms with Crippen LogP contribution in [0.2, 0.25) is 5.02 Å². The molecule has 0 radical (unpaired) electrons. The fourth-order valence-corrected chi connectivity index (χ4v) is 3.29. The smallest absolute Gasteiger partial charge is 0.251 e. The number of carbonyl (C=O) groups is 2. The predicted octanol–water partition coefficient (Wildman–Crippen LogP) is 3.64. The number of aryl methyl sites for hydroxylation is 1. The van der Waals surface area contributed by atoms with E-state index in [0.717, 1.165) is 17.0 Å². The van der Waals surface area contributed by atoms with Crippen molar-refractivity contribution in [3.63, 3.8) is 0 Å². The lowest BCUT2D eigenvalue weighted by molar-refractivity contribution is -0.121. The molecule has 3 rings (SSSR count). The van der Waals surface area contributed by atoms with Crippen molar-refractivity contribution in [1.29, 1.82) is 0 Å². The van der Waals surface area contributed by atoms with Crippen LogP contribution in [0.25, 0.3) is 0 Å². The Labute approximate surface area is 181 Å². The summed E-state index contributed by atoms with van der Waals surface area (Å²) in [5.41, 5.74) is 4.64. The van der Waals surface area contributed by atoms with Gasteiger partial charge in [0, 0.05) is 41.4 Å². The Morgan fingerprint density at radius 3 is 2.40 bits per heavy atom. The first-order chi connectivity index (χ1) is 14.4. The lowest BCUT2D eigenvalue weighted by Gasteiger charge is -2.08. The summed E-state index contributed by atoms with van der Waals surface area (Å²) in [5, 5.41) is 10.8. The molecule has 0 spiro atoms. The van der Waals surface area contributed by atoms with Crippen molar-refractivity contribution in [2.24, 2.45) is 0 Å². The maximum Gasteiger partial charge on any atom is 0.251 e. The Morgan fingerprint density at radius 1 is 1.00 bits per heavy atom. The van der Waals surface area contributed by atoms with Crippen LogP contribution in [0.4, 0.5) is 0 Å². The number of nitrogens with zero attached hydrogens (tertiary/aromatic N) is 2. The summed E-state index contributed by atoms with van der Waals surface area (Å²) in [7, 11) is 0. The van der Waals surface area contributed by atoms with Gasteiger partial charge in [-0.05, 0) is 43.7 Å². The van der Waals surface area contributed by atoms with Crippen LogP contribution in [0.1, 0.15) is 39.3 Å². The number of carbonyl (C=O) groups excluding carboxylic acids is 2. The molecule has 1 aromatic heterocycles. The van der Waals surface area contributed by atoms with Gasteiger partial charge in [0.15, 0.2) is 0 Å². The van der Waals surface area contributed by atoms with E-state index in [2.05, 4.69) is 27.9 Å². The van der Waals surface area contributed by atoms with Gasteiger partial charge < -0.3 is 10.6 Å². The van der Waals surface area contributed by atoms with Crippen molar-refractivity contribution in [2.75, 3.05) is 6.54 Å². The molecule has 0 unspecified atom stereocenters. The molecule has 6 nitrogen and oxygen atoms in total. The minimum atomic E-state index is -0.228. The number of amides is 2. The summed E-state index contributed by atoms with van der Waals surface area (Å²) < 4.78 is 1.96. The third-order valence-corrected chi connectivity index (χ3v) is 5.16. The first kappa shape index (κ1) is 21.6. The minimum absolute atomic E-state index is 0.124. The molecule has 0 atom stereocenters. The average molecular weight is 425 g/mol. The van der Waals surface area contributed by atoms with E-state index in [-0.39, 0.29) is 24.8 Å². The molecule has 30 heavy (non-hydrogen) atoms. The Morgan fingerprint density at radius 2 is 1.70 bits per heavy atom. The van der Waals surface area contributed by atoms with Crippen molar-refractivity contribution in [3.05, 3.63) is 87.7 Å². The summed E-state index contributed by atoms with van der Waals surface area (Å²) in [6.07, 6.45) is 0.204. The van der Waals surface area contributed by atoms with Crippen molar-refractivity contribution in [3.8, 4) is 0 Å². The number of aromatic nitrogens is 2. The topological polar surface area (TPSA) is 76.0 Å². The van der Waals surface area contributed by atoms with E-state index >= 15 is 0 Å². The van der Waals surface area contributed by atoms with Crippen molar-refractivity contribution in [1.82, 2.24) is 20.4 Å². The molecular weight excluding hydrogens is 400 g/mol. The molecule has 2 N–H and O–H groups in total. The molecule has 0 aliphatic rings. The first-order valence-corrected chi connectivity index (χ1v) is 10.2. The largest absolute Gasteiger partial charge is 0.352 e. The Balaban J connectivity index is 1.47. The van der Waals surface area contributed by atoms with Gasteiger partial charge in [-0.25, -0.2) is 0 Å². The molecule has 7 heteroatoms. The number of rotatable bonds is 8. The van der Waals surface area contributed by atoms with Gasteiger partial charge in [-0.15, -0.1) is 0 Å². The van der Waals surface area contributed by atoms with Crippen LogP contribution in [0.5, 0.6) is 0 Å². The van der Waals surface area contributed by atoms with Crippen molar-refractivity contribution in [2.45, 2.75) is 33.4 Å². The molecule has 2 aromatic carbocycles. The second kappa shape index (κ2) is 10.1. The summed E-state index contributed by atoms with van der Waals surface area (Å²) in [5.74, 6) is -0.352. The van der Waals surface area contributed by atoms with Gasteiger partial charge in [0.2, 0.25) is 5.91 Å². The van der Waals surface area contributed by atoms with E-state index in [1.54, 1.807) is 24.3 Å². The quantitative estimate of drug-likeness (QED) is 0.579. The Kier molecular flexibility index (Phi) is 7.25. The highest BCUT2D eigenvalue weighted by Crippen LogP contribution is 2.15. The van der Waals surface area contributed by atoms with Gasteiger partial charge in [-0.1, -0.05) is 41.9 Å². The molecule has 0 fully saturated rings. The molecule has 1 heterocycles. The number of hydrogen-bond donors (Lipinski definition) is 2. The zero-order valence-electron chi connectivity index (χ0n) is 17.1. The van der Waals surface area contributed by atoms with Crippen LogP contribution < -0.4 is 10.6 Å². The third kappa shape index (κ3) is 5.70. The standard InChI is InChI=1S/C23H25ClN4O2/c1-16-21(17(2)28(27-16)15-18-6-4-3-5-7-18)14-26-22(29)12-13-25-23(30)19-8-10-20(24)11-9-19/h3-11H,12-15H2,1-2H3,(H,25,30)(H,26,29). The molecule has 0 aliphatic carbocycles. The number of hydrogen-bond acceptors (Lipinski definition) is 3. The zero-order chi connectivity index (χ0) is 21.5. The van der Waals surface area contributed by atoms with Gasteiger partial charge in [-0.2, -0.15) is 5.10 Å². The fraction of sp³-hybridized carbons (Fsp3) is 0.261. The zero-order valence-corrected chi connectivity index (χ0v) is 17.9. The monoisotopic (exact) mass is 424 g/mol. The van der Waals surface area contributed by atoms with E-state index in [1.165, 1.54) is 5.56 Å². The molecule has 2 amide bonds. The third-order valence-electron chi connectivity index (χ3n) is 4.91. The summed E-state index contributed by atoms with van der Waals surface area (Å²) in [6, 6.07) is 16.8. The van der Waals surface area contributed by atoms with Crippen LogP contribution in [0.3, 0.4) is 0 Å². The predicted molar refractivity (Wildman–Crippen MR) is 117 cm³/mol. The van der Waals surface area contributed by atoms with E-state index in [0.29, 0.717) is 23.7 Å². The Bertz CT molecular complexity index is 1010. The second-order valence-electron chi connectivity index (χ2n) is 7.08. The maximum atomic E-state index is 12.2. The van der Waals surface area contributed by atoms with Crippen LogP contribution in [0.15, 0.2) is 54.6 Å². The molecule has 156 valence electrons. The van der Waals surface area contributed by atoms with Gasteiger partial charge >= 0.3 is 0 Å². The summed E-state index contributed by atoms with van der Waals surface area (Å²) in [4.78, 5) is 24.3. The van der Waals surface area contributed by atoms with Crippen LogP contribution in [-0.4, -0.2) is 28.1 Å². The van der Waals surface area contributed by atoms with Gasteiger partial charge in [0.25, 0.3) is 5.91 Å². The molecule has 0 saturated heterocycles. The lowest BCUT2D eigenvalue weighted by atomic mass is 10.2. The van der Waals surface area contributed by atoms with Crippen molar-refractivity contribution >= 4 is 23.4 Å². The molecule has 0 bridgehead atoms. The lowest BCUT2D eigenvalue weighted by Crippen LogP contribution is -2.30. The highest BCUT2D eigenvalue weighted by atomic mass is 35.5. The van der Waals surface area contributed by atoms with Gasteiger partial charge in [0.1, 0.15) is 0 Å². The van der Waals surface area contributed by atoms with E-state index < -0.39 is 0 Å². The molecule has 0 saturated carbocycles. The fourth-order valence-electron chi connectivity index (χ4n) is 3.17. The van der Waals surface area contributed by atoms with Crippen LogP contribution in [-0.2, 0) is 17.9 Å². The highest BCUT2D eigenvalue weighted by Gasteiger charge is 2.13. The van der Waals surface area contributed by atoms with E-state index in [4.69, 9.17) is 11.6 Å². The first-order valence-electron chi connectivity index (χ1n) is 9.81. The van der Waals surface area contributed by atoms with Crippen molar-refractivity contribution < 1.29 is 9.59 Å². The number of nitrogens with one attached hydrogen (secondary N) is 2. The molecule has 3 aromatic rings. The Hall–Kier alpha value is -3.12. The van der Waals surface area contributed by atoms with Crippen LogP contribution >= 0.6 is 11.6 Å². The average Bonchev–Trinajstić information content (AvgIpc) is 3.00. The van der Waals surface area contributed by atoms with Gasteiger partial charge in [-0.3, -0.25) is 14.3 Å². The highest BCUT2D eigenvalue weighted by molar-refractivity contribution is 6.30. The van der Waals surface area contributed by atoms with E-state index in [1.807, 2.05) is 36.7 Å². The maximum absolute atomic E-state index is 12.2. The normalized spacial score (nSPS) is 10.6. The summed E-state index contributed by atoms with van der Waals surface area (Å²) in [6.45, 7) is 5.33. The van der Waals surface area contributed by atoms with Gasteiger partial charge in [0.05, 0.1) is 12.2 Å². The number of benzene rings is 2. The minimum Gasteiger partial charge on any atom is -0.352 e. The summed E-state index contributed by atoms with van der Waals surface area (Å²) >= 11 is 5.82. The number of halogens is 1. The molecular formula is C23H25ClN4O2. The van der Waals surface area contributed by atoms with Crippen LogP contribution in [0, 0.1) is 13.8 Å². The molecule has 0 aliphatic heterocycles. The SMILES string of the molecule is Cc1nn(Cc2ccccc2)c(C)c1CNC(=O)CCNC(=O)c1ccc(Cl)cc1. The second-order valence-corrected chi connectivity index (χ2v) is 7.52. The van der Waals surface area contributed by atoms with E-state index in [9.17, 15) is 9.59 Å².